The van der Waals surface area contributed by atoms with E-state index in [0.717, 1.165) is 0 Å². The number of halogens is 13. The van der Waals surface area contributed by atoms with Crippen LogP contribution in [0, 0.1) is 0 Å². The summed E-state index contributed by atoms with van der Waals surface area (Å²) in [5.41, 5.74) is 0. The van der Waals surface area contributed by atoms with Gasteiger partial charge in [0.15, 0.2) is 5.12 Å². The van der Waals surface area contributed by atoms with Crippen LogP contribution in [0.25, 0.3) is 0 Å². The molecule has 0 fully saturated rings. The van der Waals surface area contributed by atoms with Gasteiger partial charge in [-0.3, -0.25) is 4.79 Å². The van der Waals surface area contributed by atoms with Gasteiger partial charge in [0, 0.05) is 0 Å². The second-order valence-electron chi connectivity index (χ2n) is 4.07. The molecule has 0 heterocycles. The van der Waals surface area contributed by atoms with E-state index in [9.17, 15) is 61.9 Å². The first-order valence-corrected chi connectivity index (χ1v) is 5.29. The zero-order valence-electron chi connectivity index (χ0n) is 9.98. The van der Waals surface area contributed by atoms with Gasteiger partial charge in [-0.15, -0.1) is 12.6 Å². The van der Waals surface area contributed by atoms with Crippen LogP contribution in [-0.2, 0) is 4.79 Å². The van der Waals surface area contributed by atoms with E-state index in [0.29, 0.717) is 0 Å². The fraction of sp³-hybridized carbons (Fsp3) is 0.875. The molecule has 0 saturated heterocycles. The Labute approximate surface area is 123 Å². The highest BCUT2D eigenvalue weighted by Crippen LogP contribution is 2.60. The minimum absolute atomic E-state index is 2.24. The number of rotatable bonds is 6. The molecule has 0 aromatic heterocycles. The summed E-state index contributed by atoms with van der Waals surface area (Å²) in [7, 11) is 0. The summed E-state index contributed by atoms with van der Waals surface area (Å²) in [5.74, 6) is -37.4. The van der Waals surface area contributed by atoms with Crippen LogP contribution >= 0.6 is 12.6 Å². The van der Waals surface area contributed by atoms with Gasteiger partial charge in [-0.2, -0.15) is 57.1 Å². The summed E-state index contributed by atoms with van der Waals surface area (Å²) in [5, 5.41) is -2.24. The monoisotopic (exact) mass is 394 g/mol. The molecule has 0 aliphatic carbocycles. The van der Waals surface area contributed by atoms with E-state index in [1.165, 1.54) is 0 Å². The molecule has 0 aliphatic heterocycles. The Morgan fingerprint density at radius 3 is 1.17 bits per heavy atom. The highest BCUT2D eigenvalue weighted by atomic mass is 32.1. The van der Waals surface area contributed by atoms with Crippen molar-refractivity contribution in [1.82, 2.24) is 0 Å². The summed E-state index contributed by atoms with van der Waals surface area (Å²) in [4.78, 5) is 10.1. The predicted molar refractivity (Wildman–Crippen MR) is 49.4 cm³/mol. The smallest absolute Gasteiger partial charge is 0.287 e. The van der Waals surface area contributed by atoms with Crippen LogP contribution in [0.2, 0.25) is 0 Å². The van der Waals surface area contributed by atoms with E-state index in [1.54, 1.807) is 0 Å². The molecule has 0 bridgehead atoms. The van der Waals surface area contributed by atoms with Crippen LogP contribution in [0.4, 0.5) is 57.1 Å². The average Bonchev–Trinajstić information content (AvgIpc) is 2.24. The molecule has 0 atom stereocenters. The molecule has 0 radical (unpaired) electrons. The summed E-state index contributed by atoms with van der Waals surface area (Å²) in [6.07, 6.45) is -10.4. The largest absolute Gasteiger partial charge is 0.460 e. The molecular formula is C8H3F13OS. The van der Waals surface area contributed by atoms with E-state index in [1.807, 2.05) is 0 Å². The minimum Gasteiger partial charge on any atom is -0.287 e. The molecule has 0 aliphatic rings. The maximum absolute atomic E-state index is 12.9. The van der Waals surface area contributed by atoms with Gasteiger partial charge in [0.25, 0.3) is 0 Å². The zero-order valence-corrected chi connectivity index (χ0v) is 10.9. The molecular weight excluding hydrogens is 391 g/mol. The Kier molecular flexibility index (Phi) is 5.37. The van der Waals surface area contributed by atoms with Gasteiger partial charge in [0.1, 0.15) is 0 Å². The molecule has 0 spiro atoms. The molecule has 23 heavy (non-hydrogen) atoms. The van der Waals surface area contributed by atoms with Gasteiger partial charge in [0.05, 0.1) is 6.42 Å². The highest BCUT2D eigenvalue weighted by Gasteiger charge is 2.90. The van der Waals surface area contributed by atoms with Gasteiger partial charge in [-0.1, -0.05) is 0 Å². The number of thiol groups is 1. The van der Waals surface area contributed by atoms with Gasteiger partial charge in [-0.25, -0.2) is 0 Å². The minimum atomic E-state index is -7.95. The van der Waals surface area contributed by atoms with Crippen molar-refractivity contribution >= 4 is 17.7 Å². The lowest BCUT2D eigenvalue weighted by atomic mass is 9.93. The SMILES string of the molecule is O=C(S)CC(F)(F)C(F)(F)C(F)(F)C(F)(F)C(F)(F)C(F)(F)F. The van der Waals surface area contributed by atoms with Crippen LogP contribution in [0.15, 0.2) is 0 Å². The van der Waals surface area contributed by atoms with Crippen molar-refractivity contribution in [2.75, 3.05) is 0 Å². The van der Waals surface area contributed by atoms with Crippen molar-refractivity contribution in [3.63, 3.8) is 0 Å². The third-order valence-electron chi connectivity index (χ3n) is 2.37. The normalized spacial score (nSPS) is 15.7. The highest BCUT2D eigenvalue weighted by molar-refractivity contribution is 7.96. The Bertz CT molecular complexity index is 465. The fourth-order valence-electron chi connectivity index (χ4n) is 1.10. The standard InChI is InChI=1S/C8H3F13OS/c9-3(10,1-2(22)23)4(11,12)5(13,14)6(15,16)7(17,18)8(19,20)21/h1H2,(H,22,23). The molecule has 0 amide bonds. The quantitative estimate of drug-likeness (QED) is 0.516. The summed E-state index contributed by atoms with van der Waals surface area (Å²) < 4.78 is 162. The third-order valence-corrected chi connectivity index (χ3v) is 2.53. The van der Waals surface area contributed by atoms with Gasteiger partial charge >= 0.3 is 35.8 Å². The average molecular weight is 394 g/mol. The van der Waals surface area contributed by atoms with E-state index < -0.39 is 47.3 Å². The zero-order chi connectivity index (χ0) is 19.3. The van der Waals surface area contributed by atoms with E-state index in [2.05, 4.69) is 12.6 Å². The number of hydrogen-bond acceptors (Lipinski definition) is 1. The van der Waals surface area contributed by atoms with Crippen LogP contribution in [0.5, 0.6) is 0 Å². The van der Waals surface area contributed by atoms with Gasteiger partial charge in [-0.05, 0) is 0 Å². The van der Waals surface area contributed by atoms with Crippen LogP contribution in [-0.4, -0.2) is 40.9 Å². The molecule has 15 heteroatoms. The number of alkyl halides is 13. The Balaban J connectivity index is 6.19. The van der Waals surface area contributed by atoms with Crippen LogP contribution in [0.1, 0.15) is 6.42 Å². The topological polar surface area (TPSA) is 17.1 Å². The lowest BCUT2D eigenvalue weighted by Crippen LogP contribution is -2.70. The van der Waals surface area contributed by atoms with Crippen molar-refractivity contribution in [3.05, 3.63) is 0 Å². The first-order chi connectivity index (χ1) is 9.67. The number of carbonyl (C=O) groups is 1. The Morgan fingerprint density at radius 1 is 0.609 bits per heavy atom. The fourth-order valence-corrected chi connectivity index (χ4v) is 1.30. The van der Waals surface area contributed by atoms with E-state index in [4.69, 9.17) is 0 Å². The molecule has 1 nitrogen and oxygen atoms in total. The van der Waals surface area contributed by atoms with Crippen molar-refractivity contribution in [1.29, 1.82) is 0 Å². The molecule has 138 valence electrons. The second-order valence-corrected chi connectivity index (χ2v) is 4.57. The Hall–Kier alpha value is -0.890. The first-order valence-electron chi connectivity index (χ1n) is 4.84. The van der Waals surface area contributed by atoms with Crippen molar-refractivity contribution < 1.29 is 61.9 Å². The molecule has 0 saturated carbocycles. The predicted octanol–water partition coefficient (Wildman–Crippen LogP) is 4.57. The molecule has 0 aromatic carbocycles. The van der Waals surface area contributed by atoms with E-state index in [-0.39, 0.29) is 0 Å². The summed E-state index contributed by atoms with van der Waals surface area (Å²) in [6.45, 7) is 0. The third kappa shape index (κ3) is 3.20. The van der Waals surface area contributed by atoms with Crippen molar-refractivity contribution in [3.8, 4) is 0 Å². The van der Waals surface area contributed by atoms with Crippen LogP contribution in [0.3, 0.4) is 0 Å². The molecule has 0 unspecified atom stereocenters. The van der Waals surface area contributed by atoms with Gasteiger partial charge in [0.2, 0.25) is 0 Å². The maximum atomic E-state index is 12.9. The molecule has 0 rings (SSSR count). The van der Waals surface area contributed by atoms with Gasteiger partial charge < -0.3 is 0 Å². The molecule has 0 N–H and O–H groups in total. The number of hydrogen-bond donors (Lipinski definition) is 1. The number of carbonyl (C=O) groups excluding carboxylic acids is 1. The lowest BCUT2D eigenvalue weighted by Gasteiger charge is -2.39. The van der Waals surface area contributed by atoms with E-state index >= 15 is 0 Å². The van der Waals surface area contributed by atoms with Crippen molar-refractivity contribution in [2.24, 2.45) is 0 Å². The maximum Gasteiger partial charge on any atom is 0.460 e. The Morgan fingerprint density at radius 2 is 0.913 bits per heavy atom. The summed E-state index contributed by atoms with van der Waals surface area (Å²) in [6, 6.07) is 0. The molecule has 0 aromatic rings. The lowest BCUT2D eigenvalue weighted by molar-refractivity contribution is -0.439. The second kappa shape index (κ2) is 5.58. The van der Waals surface area contributed by atoms with Crippen LogP contribution < -0.4 is 0 Å². The summed E-state index contributed by atoms with van der Waals surface area (Å²) >= 11 is 2.48. The first kappa shape index (κ1) is 22.1. The van der Waals surface area contributed by atoms with Crippen molar-refractivity contribution in [2.45, 2.75) is 42.2 Å².